The first-order valence-corrected chi connectivity index (χ1v) is 12.1. The molecule has 0 N–H and O–H groups in total. The van der Waals surface area contributed by atoms with E-state index in [0.29, 0.717) is 33.6 Å². The molecule has 0 aliphatic rings. The smallest absolute Gasteiger partial charge is 0.282 e. The molecule has 0 aliphatic heterocycles. The van der Waals surface area contributed by atoms with E-state index >= 15 is 0 Å². The van der Waals surface area contributed by atoms with Gasteiger partial charge in [0.1, 0.15) is 18.2 Å². The van der Waals surface area contributed by atoms with E-state index < -0.39 is 0 Å². The lowest BCUT2D eigenvalue weighted by molar-refractivity contribution is 0.305. The molecule has 4 rings (SSSR count). The fraction of sp³-hybridized carbons (Fsp3) is 0.154. The molecule has 0 aliphatic carbocycles. The highest BCUT2D eigenvalue weighted by molar-refractivity contribution is 9.10. The second kappa shape index (κ2) is 10.3. The molecule has 0 spiro atoms. The van der Waals surface area contributed by atoms with E-state index in [1.165, 1.54) is 4.68 Å². The van der Waals surface area contributed by atoms with Crippen molar-refractivity contribution in [1.29, 1.82) is 5.26 Å². The number of ether oxygens (including phenoxy) is 1. The highest BCUT2D eigenvalue weighted by atomic mass is 79.9. The van der Waals surface area contributed by atoms with Gasteiger partial charge in [-0.25, -0.2) is 4.98 Å². The van der Waals surface area contributed by atoms with Gasteiger partial charge in [-0.2, -0.15) is 15.0 Å². The maximum atomic E-state index is 13.3. The first-order chi connectivity index (χ1) is 16.4. The van der Waals surface area contributed by atoms with Crippen LogP contribution in [0.25, 0.3) is 10.9 Å². The Hall–Kier alpha value is -3.28. The van der Waals surface area contributed by atoms with E-state index in [9.17, 15) is 10.1 Å². The minimum atomic E-state index is -0.244. The molecule has 3 aromatic carbocycles. The second-order valence-electron chi connectivity index (χ2n) is 7.89. The normalized spacial score (nSPS) is 11.3. The predicted molar refractivity (Wildman–Crippen MR) is 140 cm³/mol. The minimum Gasteiger partial charge on any atom is -0.488 e. The lowest BCUT2D eigenvalue weighted by atomic mass is 10.1. The molecule has 0 saturated carbocycles. The van der Waals surface area contributed by atoms with Gasteiger partial charge in [-0.05, 0) is 42.5 Å². The summed E-state index contributed by atoms with van der Waals surface area (Å²) in [4.78, 5) is 18.0. The fourth-order valence-electron chi connectivity index (χ4n) is 3.43. The van der Waals surface area contributed by atoms with Crippen molar-refractivity contribution >= 4 is 49.0 Å². The summed E-state index contributed by atoms with van der Waals surface area (Å²) >= 11 is 6.91. The molecular formula is C26H20Br2N4O2. The monoisotopic (exact) mass is 578 g/mol. The Bertz CT molecular complexity index is 1500. The summed E-state index contributed by atoms with van der Waals surface area (Å²) < 4.78 is 9.01. The maximum absolute atomic E-state index is 13.3. The van der Waals surface area contributed by atoms with Crippen molar-refractivity contribution in [3.63, 3.8) is 0 Å². The van der Waals surface area contributed by atoms with Crippen LogP contribution in [0.1, 0.15) is 42.3 Å². The number of aromatic nitrogens is 2. The van der Waals surface area contributed by atoms with Gasteiger partial charge in [0, 0.05) is 26.0 Å². The van der Waals surface area contributed by atoms with Gasteiger partial charge in [0.05, 0.1) is 28.8 Å². The number of nitrogens with zero attached hydrogens (tertiary/aromatic N) is 4. The van der Waals surface area contributed by atoms with E-state index in [-0.39, 0.29) is 18.1 Å². The molecule has 4 aromatic rings. The maximum Gasteiger partial charge on any atom is 0.282 e. The molecule has 0 fully saturated rings. The fourth-order valence-corrected chi connectivity index (χ4v) is 4.17. The minimum absolute atomic E-state index is 0.0152. The molecule has 1 aromatic heterocycles. The van der Waals surface area contributed by atoms with Crippen molar-refractivity contribution in [3.8, 4) is 11.8 Å². The molecular weight excluding hydrogens is 560 g/mol. The van der Waals surface area contributed by atoms with Crippen molar-refractivity contribution in [1.82, 2.24) is 9.66 Å². The Morgan fingerprint density at radius 2 is 1.85 bits per heavy atom. The van der Waals surface area contributed by atoms with Crippen LogP contribution in [0, 0.1) is 11.3 Å². The van der Waals surface area contributed by atoms with Crippen LogP contribution in [0.3, 0.4) is 0 Å². The standard InChI is InChI=1S/C26H20Br2N4O2/c1-16(2)25-31-23-9-7-21(28)12-22(23)26(33)32(25)30-14-19-11-20(27)8-10-24(19)34-15-18-6-4-3-5-17(18)13-29/h3-12,14,16H,15H2,1-2H3. The van der Waals surface area contributed by atoms with Gasteiger partial charge in [-0.3, -0.25) is 4.79 Å². The topological polar surface area (TPSA) is 80.3 Å². The summed E-state index contributed by atoms with van der Waals surface area (Å²) in [7, 11) is 0. The van der Waals surface area contributed by atoms with Gasteiger partial charge in [0.15, 0.2) is 0 Å². The van der Waals surface area contributed by atoms with E-state index in [4.69, 9.17) is 4.74 Å². The lowest BCUT2D eigenvalue weighted by Gasteiger charge is -2.13. The van der Waals surface area contributed by atoms with Crippen molar-refractivity contribution in [2.24, 2.45) is 5.10 Å². The molecule has 170 valence electrons. The van der Waals surface area contributed by atoms with Crippen LogP contribution in [-0.4, -0.2) is 15.9 Å². The highest BCUT2D eigenvalue weighted by Gasteiger charge is 2.14. The number of benzene rings is 3. The van der Waals surface area contributed by atoms with Crippen LogP contribution in [0.2, 0.25) is 0 Å². The zero-order valence-electron chi connectivity index (χ0n) is 18.5. The van der Waals surface area contributed by atoms with Gasteiger partial charge >= 0.3 is 0 Å². The molecule has 0 unspecified atom stereocenters. The Balaban J connectivity index is 1.74. The first kappa shape index (κ1) is 23.9. The van der Waals surface area contributed by atoms with Gasteiger partial charge < -0.3 is 4.74 Å². The van der Waals surface area contributed by atoms with Gasteiger partial charge in [0.25, 0.3) is 5.56 Å². The number of nitriles is 1. The number of fused-ring (bicyclic) bond motifs is 1. The van der Waals surface area contributed by atoms with Crippen LogP contribution >= 0.6 is 31.9 Å². The second-order valence-corrected chi connectivity index (χ2v) is 9.72. The predicted octanol–water partition coefficient (Wildman–Crippen LogP) is 6.38. The molecule has 6 nitrogen and oxygen atoms in total. The summed E-state index contributed by atoms with van der Waals surface area (Å²) in [5.41, 5.74) is 2.42. The summed E-state index contributed by atoms with van der Waals surface area (Å²) in [6.07, 6.45) is 1.59. The largest absolute Gasteiger partial charge is 0.488 e. The molecule has 0 amide bonds. The molecule has 0 saturated heterocycles. The van der Waals surface area contributed by atoms with Crippen LogP contribution in [0.15, 0.2) is 79.5 Å². The van der Waals surface area contributed by atoms with Crippen LogP contribution in [0.4, 0.5) is 0 Å². The number of hydrogen-bond acceptors (Lipinski definition) is 5. The zero-order valence-corrected chi connectivity index (χ0v) is 21.7. The van der Waals surface area contributed by atoms with Gasteiger partial charge in [0.2, 0.25) is 0 Å². The molecule has 34 heavy (non-hydrogen) atoms. The van der Waals surface area contributed by atoms with Crippen LogP contribution in [0.5, 0.6) is 5.75 Å². The summed E-state index contributed by atoms with van der Waals surface area (Å²) in [6.45, 7) is 4.17. The Labute approximate surface area is 213 Å². The Morgan fingerprint density at radius 3 is 2.62 bits per heavy atom. The van der Waals surface area contributed by atoms with Crippen molar-refractivity contribution < 1.29 is 4.74 Å². The number of rotatable bonds is 6. The first-order valence-electron chi connectivity index (χ1n) is 10.5. The van der Waals surface area contributed by atoms with Gasteiger partial charge in [-0.15, -0.1) is 0 Å². The van der Waals surface area contributed by atoms with E-state index in [2.05, 4.69) is 48.0 Å². The molecule has 8 heteroatoms. The van der Waals surface area contributed by atoms with Crippen LogP contribution < -0.4 is 10.3 Å². The van der Waals surface area contributed by atoms with Crippen molar-refractivity contribution in [2.75, 3.05) is 0 Å². The quantitative estimate of drug-likeness (QED) is 0.248. The van der Waals surface area contributed by atoms with E-state index in [1.54, 1.807) is 18.3 Å². The third-order valence-corrected chi connectivity index (χ3v) is 6.14. The molecule has 0 bridgehead atoms. The molecule has 0 atom stereocenters. The van der Waals surface area contributed by atoms with E-state index in [0.717, 1.165) is 14.5 Å². The summed E-state index contributed by atoms with van der Waals surface area (Å²) in [6, 6.07) is 20.5. The van der Waals surface area contributed by atoms with Crippen LogP contribution in [-0.2, 0) is 6.61 Å². The van der Waals surface area contributed by atoms with Crippen molar-refractivity contribution in [2.45, 2.75) is 26.4 Å². The Morgan fingerprint density at radius 1 is 1.12 bits per heavy atom. The summed E-state index contributed by atoms with van der Waals surface area (Å²) in [5, 5.41) is 14.3. The highest BCUT2D eigenvalue weighted by Crippen LogP contribution is 2.24. The van der Waals surface area contributed by atoms with Crippen molar-refractivity contribution in [3.05, 3.63) is 102 Å². The third kappa shape index (κ3) is 5.11. The zero-order chi connectivity index (χ0) is 24.2. The average Bonchev–Trinajstić information content (AvgIpc) is 2.83. The Kier molecular flexibility index (Phi) is 7.25. The third-order valence-electron chi connectivity index (χ3n) is 5.15. The number of hydrogen-bond donors (Lipinski definition) is 0. The molecule has 0 radical (unpaired) electrons. The SMILES string of the molecule is CC(C)c1nc2ccc(Br)cc2c(=O)n1N=Cc1cc(Br)ccc1OCc1ccccc1C#N. The molecule has 1 heterocycles. The van der Waals surface area contributed by atoms with Gasteiger partial charge in [-0.1, -0.05) is 63.9 Å². The van der Waals surface area contributed by atoms with E-state index in [1.807, 2.05) is 62.4 Å². The summed E-state index contributed by atoms with van der Waals surface area (Å²) in [5.74, 6) is 1.13. The average molecular weight is 580 g/mol. The number of halogens is 2. The lowest BCUT2D eigenvalue weighted by Crippen LogP contribution is -2.23.